The Kier molecular flexibility index (Phi) is 3.91. The summed E-state index contributed by atoms with van der Waals surface area (Å²) in [6, 6.07) is 4.23. The van der Waals surface area contributed by atoms with E-state index in [1.54, 1.807) is 0 Å². The summed E-state index contributed by atoms with van der Waals surface area (Å²) in [6.07, 6.45) is 4.01. The van der Waals surface area contributed by atoms with Crippen LogP contribution in [0, 0.1) is 0 Å². The van der Waals surface area contributed by atoms with Gasteiger partial charge in [0.1, 0.15) is 6.10 Å². The molecule has 1 aromatic rings. The molecule has 0 saturated heterocycles. The molecule has 0 unspecified atom stereocenters. The van der Waals surface area contributed by atoms with Crippen molar-refractivity contribution in [2.75, 3.05) is 7.05 Å². The molecule has 0 atom stereocenters. The fourth-order valence-corrected chi connectivity index (χ4v) is 1.97. The smallest absolute Gasteiger partial charge is 0.214 e. The third-order valence-corrected chi connectivity index (χ3v) is 3.35. The molecule has 0 bridgehead atoms. The summed E-state index contributed by atoms with van der Waals surface area (Å²) in [4.78, 5) is 4.66. The normalized spacial score (nSPS) is 16.4. The molecule has 0 spiro atoms. The van der Waals surface area contributed by atoms with Gasteiger partial charge in [0.25, 0.3) is 0 Å². The van der Waals surface area contributed by atoms with Crippen molar-refractivity contribution in [1.82, 2.24) is 10.3 Å². The van der Waals surface area contributed by atoms with Crippen molar-refractivity contribution in [3.05, 3.63) is 23.4 Å². The Balaban J connectivity index is 2.23. The van der Waals surface area contributed by atoms with Gasteiger partial charge in [-0.1, -0.05) is 20.8 Å². The van der Waals surface area contributed by atoms with Gasteiger partial charge in [-0.3, -0.25) is 0 Å². The van der Waals surface area contributed by atoms with Gasteiger partial charge in [0.15, 0.2) is 0 Å². The van der Waals surface area contributed by atoms with Crippen molar-refractivity contribution >= 4 is 0 Å². The third-order valence-electron chi connectivity index (χ3n) is 3.35. The number of aromatic nitrogens is 1. The minimum atomic E-state index is 0.0570. The highest BCUT2D eigenvalue weighted by atomic mass is 16.5. The highest BCUT2D eigenvalue weighted by Crippen LogP contribution is 2.28. The third kappa shape index (κ3) is 3.22. The lowest BCUT2D eigenvalue weighted by molar-refractivity contribution is 0.114. The first-order valence-electron chi connectivity index (χ1n) is 6.82. The van der Waals surface area contributed by atoms with E-state index in [1.165, 1.54) is 24.8 Å². The summed E-state index contributed by atoms with van der Waals surface area (Å²) >= 11 is 0. The number of hydrogen-bond acceptors (Lipinski definition) is 3. The first-order valence-corrected chi connectivity index (χ1v) is 6.82. The van der Waals surface area contributed by atoms with Crippen molar-refractivity contribution in [1.29, 1.82) is 0 Å². The zero-order valence-corrected chi connectivity index (χ0v) is 11.9. The molecule has 1 N–H and O–H groups in total. The molecular formula is C15H24N2O. The first-order chi connectivity index (χ1) is 8.49. The van der Waals surface area contributed by atoms with Crippen molar-refractivity contribution < 1.29 is 4.74 Å². The predicted molar refractivity (Wildman–Crippen MR) is 74.0 cm³/mol. The summed E-state index contributed by atoms with van der Waals surface area (Å²) in [7, 11) is 1.96. The molecule has 0 radical (unpaired) electrons. The van der Waals surface area contributed by atoms with E-state index in [1.807, 2.05) is 7.05 Å². The van der Waals surface area contributed by atoms with Crippen LogP contribution < -0.4 is 10.1 Å². The van der Waals surface area contributed by atoms with Crippen LogP contribution >= 0.6 is 0 Å². The maximum atomic E-state index is 5.93. The fraction of sp³-hybridized carbons (Fsp3) is 0.667. The number of nitrogens with one attached hydrogen (secondary N) is 1. The lowest BCUT2D eigenvalue weighted by atomic mass is 9.90. The second-order valence-electron chi connectivity index (χ2n) is 6.15. The number of ether oxygens (including phenoxy) is 1. The van der Waals surface area contributed by atoms with Crippen LogP contribution in [-0.2, 0) is 12.0 Å². The Morgan fingerprint density at radius 2 is 2.06 bits per heavy atom. The second-order valence-corrected chi connectivity index (χ2v) is 6.15. The largest absolute Gasteiger partial charge is 0.474 e. The molecule has 100 valence electrons. The maximum Gasteiger partial charge on any atom is 0.214 e. The molecule has 0 aromatic carbocycles. The van der Waals surface area contributed by atoms with E-state index in [4.69, 9.17) is 4.74 Å². The van der Waals surface area contributed by atoms with Crippen LogP contribution in [0.4, 0.5) is 0 Å². The van der Waals surface area contributed by atoms with Gasteiger partial charge >= 0.3 is 0 Å². The fourth-order valence-electron chi connectivity index (χ4n) is 1.97. The maximum absolute atomic E-state index is 5.93. The molecule has 1 heterocycles. The van der Waals surface area contributed by atoms with Crippen LogP contribution in [0.5, 0.6) is 5.88 Å². The molecule has 3 heteroatoms. The van der Waals surface area contributed by atoms with Gasteiger partial charge in [-0.15, -0.1) is 0 Å². The lowest BCUT2D eigenvalue weighted by Gasteiger charge is -2.27. The molecule has 1 fully saturated rings. The van der Waals surface area contributed by atoms with Crippen molar-refractivity contribution in [2.45, 2.75) is 58.1 Å². The first kappa shape index (κ1) is 13.3. The van der Waals surface area contributed by atoms with Crippen LogP contribution in [0.1, 0.15) is 51.3 Å². The number of pyridine rings is 1. The van der Waals surface area contributed by atoms with Gasteiger partial charge in [-0.05, 0) is 37.9 Å². The Labute approximate surface area is 110 Å². The molecule has 18 heavy (non-hydrogen) atoms. The van der Waals surface area contributed by atoms with Crippen LogP contribution in [0.25, 0.3) is 0 Å². The molecule has 2 rings (SSSR count). The number of rotatable bonds is 4. The molecule has 1 aliphatic carbocycles. The van der Waals surface area contributed by atoms with Gasteiger partial charge < -0.3 is 10.1 Å². The van der Waals surface area contributed by atoms with Crippen LogP contribution in [0.2, 0.25) is 0 Å². The van der Waals surface area contributed by atoms with E-state index < -0.39 is 0 Å². The van der Waals surface area contributed by atoms with E-state index in [0.717, 1.165) is 18.1 Å². The zero-order valence-electron chi connectivity index (χ0n) is 11.9. The summed E-state index contributed by atoms with van der Waals surface area (Å²) < 4.78 is 5.93. The average molecular weight is 248 g/mol. The van der Waals surface area contributed by atoms with Crippen molar-refractivity contribution in [2.24, 2.45) is 0 Å². The molecule has 0 amide bonds. The highest BCUT2D eigenvalue weighted by molar-refractivity contribution is 5.28. The van der Waals surface area contributed by atoms with E-state index >= 15 is 0 Å². The second kappa shape index (κ2) is 5.27. The van der Waals surface area contributed by atoms with Gasteiger partial charge in [-0.25, -0.2) is 4.98 Å². The van der Waals surface area contributed by atoms with Crippen molar-refractivity contribution in [3.63, 3.8) is 0 Å². The number of nitrogens with zero attached hydrogens (tertiary/aromatic N) is 1. The molecule has 3 nitrogen and oxygen atoms in total. The molecular weight excluding hydrogens is 224 g/mol. The lowest BCUT2D eigenvalue weighted by Crippen LogP contribution is -2.26. The van der Waals surface area contributed by atoms with E-state index in [9.17, 15) is 0 Å². The van der Waals surface area contributed by atoms with Crippen LogP contribution in [-0.4, -0.2) is 18.1 Å². The molecule has 1 aliphatic rings. The van der Waals surface area contributed by atoms with Gasteiger partial charge in [-0.2, -0.15) is 0 Å². The van der Waals surface area contributed by atoms with Crippen LogP contribution in [0.3, 0.4) is 0 Å². The van der Waals surface area contributed by atoms with Gasteiger partial charge in [0.05, 0.1) is 5.69 Å². The SMILES string of the molecule is CNCc1cc(OC2CCC2)nc(C(C)(C)C)c1. The molecule has 0 aliphatic heterocycles. The minimum absolute atomic E-state index is 0.0570. The predicted octanol–water partition coefficient (Wildman–Crippen LogP) is 3.03. The quantitative estimate of drug-likeness (QED) is 0.889. The van der Waals surface area contributed by atoms with Crippen molar-refractivity contribution in [3.8, 4) is 5.88 Å². The van der Waals surface area contributed by atoms with Gasteiger partial charge in [0.2, 0.25) is 5.88 Å². The topological polar surface area (TPSA) is 34.1 Å². The molecule has 1 saturated carbocycles. The summed E-state index contributed by atoms with van der Waals surface area (Å²) in [5.74, 6) is 0.789. The van der Waals surface area contributed by atoms with E-state index in [0.29, 0.717) is 6.10 Å². The zero-order chi connectivity index (χ0) is 13.2. The summed E-state index contributed by atoms with van der Waals surface area (Å²) in [6.45, 7) is 7.41. The average Bonchev–Trinajstić information content (AvgIpc) is 2.23. The Morgan fingerprint density at radius 1 is 1.33 bits per heavy atom. The van der Waals surface area contributed by atoms with E-state index in [2.05, 4.69) is 43.2 Å². The Morgan fingerprint density at radius 3 is 2.56 bits per heavy atom. The van der Waals surface area contributed by atoms with Crippen LogP contribution in [0.15, 0.2) is 12.1 Å². The summed E-state index contributed by atoms with van der Waals surface area (Å²) in [5.41, 5.74) is 2.40. The van der Waals surface area contributed by atoms with E-state index in [-0.39, 0.29) is 5.41 Å². The monoisotopic (exact) mass is 248 g/mol. The Bertz CT molecular complexity index is 405. The number of hydrogen-bond donors (Lipinski definition) is 1. The molecule has 1 aromatic heterocycles. The summed E-state index contributed by atoms with van der Waals surface area (Å²) in [5, 5.41) is 3.19. The standard InChI is InChI=1S/C15H24N2O/c1-15(2,3)13-8-11(10-16-4)9-14(17-13)18-12-6-5-7-12/h8-9,12,16H,5-7,10H2,1-4H3. The van der Waals surface area contributed by atoms with Gasteiger partial charge in [0, 0.05) is 18.0 Å². The highest BCUT2D eigenvalue weighted by Gasteiger charge is 2.22. The minimum Gasteiger partial charge on any atom is -0.474 e. The Hall–Kier alpha value is -1.09.